The van der Waals surface area contributed by atoms with Gasteiger partial charge >= 0.3 is 11.6 Å². The molecule has 2 aromatic rings. The van der Waals surface area contributed by atoms with Gasteiger partial charge in [0.05, 0.1) is 12.3 Å². The molecule has 110 valence electrons. The van der Waals surface area contributed by atoms with E-state index in [1.54, 1.807) is 19.0 Å². The molecule has 0 aromatic carbocycles. The van der Waals surface area contributed by atoms with Gasteiger partial charge in [0.15, 0.2) is 5.76 Å². The molecule has 0 saturated heterocycles. The van der Waals surface area contributed by atoms with Gasteiger partial charge in [0.25, 0.3) is 0 Å². The Morgan fingerprint density at radius 2 is 2.24 bits per heavy atom. The van der Waals surface area contributed by atoms with E-state index >= 15 is 0 Å². The first kappa shape index (κ1) is 14.2. The third-order valence-corrected chi connectivity index (χ3v) is 2.19. The number of hydrogen-bond donors (Lipinski definition) is 2. The van der Waals surface area contributed by atoms with Crippen molar-refractivity contribution in [3.63, 3.8) is 0 Å². The largest absolute Gasteiger partial charge is 0.433 e. The van der Waals surface area contributed by atoms with Crippen molar-refractivity contribution in [1.29, 1.82) is 0 Å². The number of H-pyrrole nitrogens is 1. The lowest BCUT2D eigenvalue weighted by atomic mass is 10.5. The van der Waals surface area contributed by atoms with Crippen LogP contribution >= 0.6 is 0 Å². The minimum atomic E-state index is -0.657. The van der Waals surface area contributed by atoms with Gasteiger partial charge in [-0.05, 0) is 6.07 Å². The molecule has 11 heteroatoms. The van der Waals surface area contributed by atoms with Gasteiger partial charge in [-0.1, -0.05) is 0 Å². The van der Waals surface area contributed by atoms with Gasteiger partial charge in [0.2, 0.25) is 11.9 Å². The molecule has 11 nitrogen and oxygen atoms in total. The number of nitrogens with zero attached hydrogens (tertiary/aromatic N) is 5. The highest BCUT2D eigenvalue weighted by Crippen LogP contribution is 2.13. The number of anilines is 2. The standard InChI is InChI=1S/C10H11N7O4/c1-16(2)9-12-8(13-10(18)14-9)15-11-5-6-3-4-7(21-6)17(19)20/h3-5H,1-2H3,(H2,12,13,14,15,18)/b11-5+. The van der Waals surface area contributed by atoms with Gasteiger partial charge in [0.1, 0.15) is 4.92 Å². The zero-order valence-corrected chi connectivity index (χ0v) is 11.1. The highest BCUT2D eigenvalue weighted by Gasteiger charge is 2.10. The predicted molar refractivity (Wildman–Crippen MR) is 73.6 cm³/mol. The second-order valence-electron chi connectivity index (χ2n) is 4.00. The molecule has 0 bridgehead atoms. The monoisotopic (exact) mass is 293 g/mol. The predicted octanol–water partition coefficient (Wildman–Crippen LogP) is 0.178. The van der Waals surface area contributed by atoms with E-state index in [9.17, 15) is 14.9 Å². The highest BCUT2D eigenvalue weighted by atomic mass is 16.6. The van der Waals surface area contributed by atoms with Crippen LogP contribution in [0.15, 0.2) is 26.4 Å². The van der Waals surface area contributed by atoms with Crippen molar-refractivity contribution >= 4 is 24.0 Å². The Labute approximate surface area is 117 Å². The van der Waals surface area contributed by atoms with Gasteiger partial charge in [-0.15, -0.1) is 0 Å². The third kappa shape index (κ3) is 3.62. The van der Waals surface area contributed by atoms with Gasteiger partial charge in [0, 0.05) is 14.1 Å². The van der Waals surface area contributed by atoms with Crippen LogP contribution in [0.2, 0.25) is 0 Å². The van der Waals surface area contributed by atoms with E-state index in [1.165, 1.54) is 18.3 Å². The Hall–Kier alpha value is -3.24. The van der Waals surface area contributed by atoms with E-state index in [1.807, 2.05) is 0 Å². The second kappa shape index (κ2) is 5.81. The molecule has 0 aliphatic heterocycles. The molecule has 2 heterocycles. The first-order valence-corrected chi connectivity index (χ1v) is 5.64. The summed E-state index contributed by atoms with van der Waals surface area (Å²) in [5.41, 5.74) is 1.89. The fourth-order valence-corrected chi connectivity index (χ4v) is 1.29. The maximum Gasteiger partial charge on any atom is 0.433 e. The van der Waals surface area contributed by atoms with Crippen LogP contribution in [0.5, 0.6) is 0 Å². The molecule has 0 saturated carbocycles. The molecule has 2 rings (SSSR count). The molecule has 0 amide bonds. The zero-order chi connectivity index (χ0) is 15.4. The number of aromatic amines is 1. The summed E-state index contributed by atoms with van der Waals surface area (Å²) >= 11 is 0. The molecular weight excluding hydrogens is 282 g/mol. The molecular formula is C10H11N7O4. The van der Waals surface area contributed by atoms with Crippen LogP contribution in [0.4, 0.5) is 17.8 Å². The van der Waals surface area contributed by atoms with Crippen LogP contribution in [-0.4, -0.2) is 40.2 Å². The van der Waals surface area contributed by atoms with Crippen molar-refractivity contribution in [2.75, 3.05) is 24.4 Å². The lowest BCUT2D eigenvalue weighted by molar-refractivity contribution is -0.402. The topological polar surface area (TPSA) is 143 Å². The molecule has 0 aliphatic carbocycles. The molecule has 0 atom stereocenters. The number of hydrogen-bond acceptors (Lipinski definition) is 9. The number of nitro groups is 1. The van der Waals surface area contributed by atoms with E-state index in [2.05, 4.69) is 25.5 Å². The Kier molecular flexibility index (Phi) is 3.92. The van der Waals surface area contributed by atoms with E-state index in [0.717, 1.165) is 0 Å². The lowest BCUT2D eigenvalue weighted by Gasteiger charge is -2.09. The quantitative estimate of drug-likeness (QED) is 0.451. The van der Waals surface area contributed by atoms with Gasteiger partial charge < -0.3 is 9.32 Å². The summed E-state index contributed by atoms with van der Waals surface area (Å²) in [5, 5.41) is 14.2. The third-order valence-electron chi connectivity index (χ3n) is 2.19. The van der Waals surface area contributed by atoms with Crippen molar-refractivity contribution in [3.8, 4) is 0 Å². The van der Waals surface area contributed by atoms with Crippen LogP contribution in [-0.2, 0) is 0 Å². The highest BCUT2D eigenvalue weighted by molar-refractivity contribution is 5.76. The van der Waals surface area contributed by atoms with Gasteiger partial charge in [-0.3, -0.25) is 15.1 Å². The summed E-state index contributed by atoms with van der Waals surface area (Å²) in [4.78, 5) is 32.6. The Morgan fingerprint density at radius 3 is 2.86 bits per heavy atom. The van der Waals surface area contributed by atoms with Crippen LogP contribution in [0, 0.1) is 10.1 Å². The Bertz CT molecular complexity index is 733. The average Bonchev–Trinajstić information content (AvgIpc) is 2.87. The second-order valence-corrected chi connectivity index (χ2v) is 4.00. The molecule has 2 aromatic heterocycles. The average molecular weight is 293 g/mol. The summed E-state index contributed by atoms with van der Waals surface area (Å²) in [6.45, 7) is 0. The summed E-state index contributed by atoms with van der Waals surface area (Å²) in [7, 11) is 3.37. The van der Waals surface area contributed by atoms with Crippen molar-refractivity contribution in [1.82, 2.24) is 15.0 Å². The van der Waals surface area contributed by atoms with Crippen molar-refractivity contribution in [2.45, 2.75) is 0 Å². The van der Waals surface area contributed by atoms with Gasteiger partial charge in [-0.25, -0.2) is 10.2 Å². The molecule has 0 radical (unpaired) electrons. The fourth-order valence-electron chi connectivity index (χ4n) is 1.29. The Balaban J connectivity index is 2.10. The summed E-state index contributed by atoms with van der Waals surface area (Å²) in [6.07, 6.45) is 1.21. The maximum absolute atomic E-state index is 11.3. The minimum absolute atomic E-state index is 0.0796. The van der Waals surface area contributed by atoms with Crippen LogP contribution in [0.3, 0.4) is 0 Å². The minimum Gasteiger partial charge on any atom is -0.400 e. The number of nitrogens with one attached hydrogen (secondary N) is 2. The van der Waals surface area contributed by atoms with Crippen molar-refractivity contribution in [3.05, 3.63) is 38.5 Å². The summed E-state index contributed by atoms with van der Waals surface area (Å²) < 4.78 is 4.87. The molecule has 0 unspecified atom stereocenters. The molecule has 0 aliphatic rings. The first-order valence-electron chi connectivity index (χ1n) is 5.64. The van der Waals surface area contributed by atoms with Crippen LogP contribution < -0.4 is 16.0 Å². The molecule has 0 spiro atoms. The van der Waals surface area contributed by atoms with E-state index in [-0.39, 0.29) is 23.5 Å². The summed E-state index contributed by atoms with van der Waals surface area (Å²) in [5.74, 6) is 0.0846. The number of aromatic nitrogens is 3. The van der Waals surface area contributed by atoms with Gasteiger partial charge in [-0.2, -0.15) is 15.1 Å². The zero-order valence-electron chi connectivity index (χ0n) is 11.1. The number of hydrazone groups is 1. The molecule has 2 N–H and O–H groups in total. The van der Waals surface area contributed by atoms with E-state index < -0.39 is 10.6 Å². The Morgan fingerprint density at radius 1 is 1.48 bits per heavy atom. The first-order chi connectivity index (χ1) is 9.95. The smallest absolute Gasteiger partial charge is 0.400 e. The van der Waals surface area contributed by atoms with E-state index in [0.29, 0.717) is 0 Å². The van der Waals surface area contributed by atoms with Crippen molar-refractivity contribution < 1.29 is 9.34 Å². The lowest BCUT2D eigenvalue weighted by Crippen LogP contribution is -2.21. The van der Waals surface area contributed by atoms with E-state index in [4.69, 9.17) is 4.42 Å². The molecule has 21 heavy (non-hydrogen) atoms. The normalized spacial score (nSPS) is 10.8. The molecule has 0 fully saturated rings. The van der Waals surface area contributed by atoms with Crippen LogP contribution in [0.1, 0.15) is 5.76 Å². The summed E-state index contributed by atoms with van der Waals surface area (Å²) in [6, 6.07) is 2.59. The number of furan rings is 1. The SMILES string of the molecule is CN(C)c1nc(N/N=C/c2ccc([N+](=O)[O-])o2)[nH]c(=O)n1. The van der Waals surface area contributed by atoms with Crippen molar-refractivity contribution in [2.24, 2.45) is 5.10 Å². The fraction of sp³-hybridized carbons (Fsp3) is 0.200. The van der Waals surface area contributed by atoms with Crippen LogP contribution in [0.25, 0.3) is 0 Å². The number of rotatable bonds is 5. The maximum atomic E-state index is 11.3.